The summed E-state index contributed by atoms with van der Waals surface area (Å²) < 4.78 is 10.3. The second-order valence-corrected chi connectivity index (χ2v) is 5.88. The van der Waals surface area contributed by atoms with E-state index in [1.165, 1.54) is 12.5 Å². The third-order valence-corrected chi connectivity index (χ3v) is 4.17. The molecule has 1 aliphatic heterocycles. The van der Waals surface area contributed by atoms with Crippen molar-refractivity contribution in [1.82, 2.24) is 10.2 Å². The number of furan rings is 2. The minimum atomic E-state index is -0.112. The van der Waals surface area contributed by atoms with Crippen molar-refractivity contribution in [1.29, 1.82) is 0 Å². The van der Waals surface area contributed by atoms with Crippen molar-refractivity contribution in [2.24, 2.45) is 0 Å². The molecule has 0 aromatic carbocycles. The van der Waals surface area contributed by atoms with Gasteiger partial charge in [0.05, 0.1) is 17.4 Å². The van der Waals surface area contributed by atoms with E-state index in [1.807, 2.05) is 6.92 Å². The summed E-state index contributed by atoms with van der Waals surface area (Å²) in [4.78, 5) is 26.3. The zero-order valence-corrected chi connectivity index (χ0v) is 13.3. The van der Waals surface area contributed by atoms with Crippen molar-refractivity contribution in [3.8, 4) is 0 Å². The average molecular weight is 316 g/mol. The topological polar surface area (TPSA) is 75.7 Å². The number of rotatable bonds is 3. The monoisotopic (exact) mass is 316 g/mol. The lowest BCUT2D eigenvalue weighted by Gasteiger charge is -2.32. The van der Waals surface area contributed by atoms with Crippen molar-refractivity contribution in [2.75, 3.05) is 13.1 Å². The van der Waals surface area contributed by atoms with Gasteiger partial charge in [-0.25, -0.2) is 0 Å². The van der Waals surface area contributed by atoms with Gasteiger partial charge in [0.2, 0.25) is 0 Å². The summed E-state index contributed by atoms with van der Waals surface area (Å²) in [5.41, 5.74) is 1.15. The van der Waals surface area contributed by atoms with E-state index in [4.69, 9.17) is 8.83 Å². The first-order chi connectivity index (χ1) is 11.0. The number of aryl methyl sites for hydroxylation is 2. The largest absolute Gasteiger partial charge is 0.472 e. The lowest BCUT2D eigenvalue weighted by Crippen LogP contribution is -2.46. The molecule has 0 unspecified atom stereocenters. The second kappa shape index (κ2) is 6.32. The number of piperidine rings is 1. The van der Waals surface area contributed by atoms with Crippen LogP contribution < -0.4 is 5.32 Å². The quantitative estimate of drug-likeness (QED) is 0.944. The van der Waals surface area contributed by atoms with E-state index in [0.29, 0.717) is 30.0 Å². The van der Waals surface area contributed by atoms with Crippen molar-refractivity contribution in [2.45, 2.75) is 32.7 Å². The SMILES string of the molecule is Cc1cc(C(=O)NC2CCN(C(=O)c3ccoc3)CC2)c(C)o1. The average Bonchev–Trinajstić information content (AvgIpc) is 3.17. The standard InChI is InChI=1S/C17H20N2O4/c1-11-9-15(12(2)23-11)16(20)18-14-3-6-19(7-4-14)17(21)13-5-8-22-10-13/h5,8-10,14H,3-4,6-7H2,1-2H3,(H,18,20). The molecular formula is C17H20N2O4. The van der Waals surface area contributed by atoms with Gasteiger partial charge in [-0.2, -0.15) is 0 Å². The molecule has 2 aromatic rings. The smallest absolute Gasteiger partial charge is 0.257 e. The van der Waals surface area contributed by atoms with Gasteiger partial charge < -0.3 is 19.1 Å². The van der Waals surface area contributed by atoms with Crippen LogP contribution in [0.4, 0.5) is 0 Å². The van der Waals surface area contributed by atoms with E-state index in [1.54, 1.807) is 24.0 Å². The Hall–Kier alpha value is -2.50. The van der Waals surface area contributed by atoms with Crippen molar-refractivity contribution in [3.05, 3.63) is 47.3 Å². The first-order valence-corrected chi connectivity index (χ1v) is 7.74. The predicted octanol–water partition coefficient (Wildman–Crippen LogP) is 2.52. The van der Waals surface area contributed by atoms with Gasteiger partial charge in [0.1, 0.15) is 17.8 Å². The zero-order chi connectivity index (χ0) is 16.4. The summed E-state index contributed by atoms with van der Waals surface area (Å²) in [6.45, 7) is 4.86. The maximum atomic E-state index is 12.3. The first kappa shape index (κ1) is 15.4. The molecule has 0 atom stereocenters. The maximum absolute atomic E-state index is 12.3. The number of carbonyl (C=O) groups excluding carboxylic acids is 2. The fourth-order valence-electron chi connectivity index (χ4n) is 2.92. The molecule has 0 bridgehead atoms. The van der Waals surface area contributed by atoms with Crippen molar-refractivity contribution in [3.63, 3.8) is 0 Å². The highest BCUT2D eigenvalue weighted by atomic mass is 16.3. The Morgan fingerprint density at radius 1 is 1.26 bits per heavy atom. The molecule has 1 N–H and O–H groups in total. The third kappa shape index (κ3) is 3.31. The predicted molar refractivity (Wildman–Crippen MR) is 83.3 cm³/mol. The van der Waals surface area contributed by atoms with Crippen LogP contribution in [0.2, 0.25) is 0 Å². The summed E-state index contributed by atoms with van der Waals surface area (Å²) in [5, 5.41) is 3.03. The van der Waals surface area contributed by atoms with Crippen LogP contribution in [0.3, 0.4) is 0 Å². The van der Waals surface area contributed by atoms with Crippen LogP contribution in [0.5, 0.6) is 0 Å². The molecule has 2 aromatic heterocycles. The Kier molecular flexibility index (Phi) is 4.23. The molecule has 6 nitrogen and oxygen atoms in total. The summed E-state index contributed by atoms with van der Waals surface area (Å²) in [7, 11) is 0. The van der Waals surface area contributed by atoms with E-state index >= 15 is 0 Å². The molecule has 1 saturated heterocycles. The molecule has 23 heavy (non-hydrogen) atoms. The van der Waals surface area contributed by atoms with Crippen LogP contribution in [-0.2, 0) is 0 Å². The molecule has 1 aliphatic rings. The molecule has 2 amide bonds. The van der Waals surface area contributed by atoms with Crippen LogP contribution in [0, 0.1) is 13.8 Å². The van der Waals surface area contributed by atoms with Crippen LogP contribution in [-0.4, -0.2) is 35.8 Å². The summed E-state index contributed by atoms with van der Waals surface area (Å²) in [5.74, 6) is 1.23. The van der Waals surface area contributed by atoms with Crippen LogP contribution in [0.25, 0.3) is 0 Å². The molecule has 0 spiro atoms. The van der Waals surface area contributed by atoms with Crippen molar-refractivity contribution >= 4 is 11.8 Å². The summed E-state index contributed by atoms with van der Waals surface area (Å²) in [6.07, 6.45) is 4.44. The molecule has 3 rings (SSSR count). The van der Waals surface area contributed by atoms with Gasteiger partial charge in [-0.1, -0.05) is 0 Å². The second-order valence-electron chi connectivity index (χ2n) is 5.88. The Labute approximate surface area is 134 Å². The number of hydrogen-bond donors (Lipinski definition) is 1. The lowest BCUT2D eigenvalue weighted by atomic mass is 10.0. The maximum Gasteiger partial charge on any atom is 0.257 e. The summed E-state index contributed by atoms with van der Waals surface area (Å²) in [6, 6.07) is 3.49. The van der Waals surface area contributed by atoms with Gasteiger partial charge in [0.25, 0.3) is 11.8 Å². The number of hydrogen-bond acceptors (Lipinski definition) is 4. The number of nitrogens with zero attached hydrogens (tertiary/aromatic N) is 1. The molecule has 6 heteroatoms. The fourth-order valence-corrected chi connectivity index (χ4v) is 2.92. The summed E-state index contributed by atoms with van der Waals surface area (Å²) >= 11 is 0. The van der Waals surface area contributed by atoms with Gasteiger partial charge in [-0.3, -0.25) is 9.59 Å². The Morgan fingerprint density at radius 2 is 2.00 bits per heavy atom. The molecule has 1 fully saturated rings. The van der Waals surface area contributed by atoms with Crippen LogP contribution in [0.15, 0.2) is 33.5 Å². The highest BCUT2D eigenvalue weighted by molar-refractivity contribution is 5.95. The molecule has 0 saturated carbocycles. The fraction of sp³-hybridized carbons (Fsp3) is 0.412. The van der Waals surface area contributed by atoms with E-state index in [9.17, 15) is 9.59 Å². The molecule has 3 heterocycles. The van der Waals surface area contributed by atoms with E-state index in [-0.39, 0.29) is 17.9 Å². The Bertz CT molecular complexity index is 694. The molecular weight excluding hydrogens is 296 g/mol. The highest BCUT2D eigenvalue weighted by Gasteiger charge is 2.26. The number of amides is 2. The zero-order valence-electron chi connectivity index (χ0n) is 13.3. The number of carbonyl (C=O) groups is 2. The van der Waals surface area contributed by atoms with Gasteiger partial charge in [0, 0.05) is 19.1 Å². The normalized spacial score (nSPS) is 15.7. The van der Waals surface area contributed by atoms with Gasteiger partial charge in [-0.15, -0.1) is 0 Å². The van der Waals surface area contributed by atoms with Crippen LogP contribution >= 0.6 is 0 Å². The Morgan fingerprint density at radius 3 is 2.57 bits per heavy atom. The first-order valence-electron chi connectivity index (χ1n) is 7.74. The van der Waals surface area contributed by atoms with E-state index in [2.05, 4.69) is 5.32 Å². The minimum Gasteiger partial charge on any atom is -0.472 e. The molecule has 0 aliphatic carbocycles. The number of likely N-dealkylation sites (tertiary alicyclic amines) is 1. The van der Waals surface area contributed by atoms with Crippen molar-refractivity contribution < 1.29 is 18.4 Å². The third-order valence-electron chi connectivity index (χ3n) is 4.17. The van der Waals surface area contributed by atoms with Gasteiger partial charge in [0.15, 0.2) is 0 Å². The Balaban J connectivity index is 1.54. The minimum absolute atomic E-state index is 0.0233. The molecule has 122 valence electrons. The van der Waals surface area contributed by atoms with E-state index in [0.717, 1.165) is 18.6 Å². The highest BCUT2D eigenvalue weighted by Crippen LogP contribution is 2.17. The number of nitrogens with one attached hydrogen (secondary N) is 1. The van der Waals surface area contributed by atoms with E-state index < -0.39 is 0 Å². The molecule has 0 radical (unpaired) electrons. The lowest BCUT2D eigenvalue weighted by molar-refractivity contribution is 0.0697. The van der Waals surface area contributed by atoms with Crippen LogP contribution in [0.1, 0.15) is 45.1 Å². The van der Waals surface area contributed by atoms with Gasteiger partial charge in [-0.05, 0) is 38.8 Å². The van der Waals surface area contributed by atoms with Gasteiger partial charge >= 0.3 is 0 Å².